The van der Waals surface area contributed by atoms with Crippen LogP contribution in [0.4, 0.5) is 4.39 Å². The number of fused-ring (bicyclic) bond motifs is 1. The van der Waals surface area contributed by atoms with Crippen LogP contribution in [-0.4, -0.2) is 63.4 Å². The Hall–Kier alpha value is -4.00. The van der Waals surface area contributed by atoms with Crippen molar-refractivity contribution < 1.29 is 33.4 Å². The molecule has 1 aromatic heterocycles. The third kappa shape index (κ3) is 9.82. The quantitative estimate of drug-likeness (QED) is 0.154. The van der Waals surface area contributed by atoms with Gasteiger partial charge in [0.15, 0.2) is 6.79 Å². The summed E-state index contributed by atoms with van der Waals surface area (Å²) < 4.78 is 24.5. The molecule has 2 aromatic carbocycles. The van der Waals surface area contributed by atoms with E-state index in [1.807, 2.05) is 6.07 Å². The van der Waals surface area contributed by atoms with Crippen molar-refractivity contribution in [2.75, 3.05) is 6.79 Å². The summed E-state index contributed by atoms with van der Waals surface area (Å²) >= 11 is 0. The Bertz CT molecular complexity index is 1390. The van der Waals surface area contributed by atoms with E-state index >= 15 is 0 Å². The molecule has 1 heterocycles. The van der Waals surface area contributed by atoms with Crippen LogP contribution >= 0.6 is 0 Å². The number of aliphatic hydroxyl groups is 1. The molecule has 226 valence electrons. The lowest BCUT2D eigenvalue weighted by Crippen LogP contribution is -2.46. The Morgan fingerprint density at radius 3 is 2.50 bits per heavy atom. The van der Waals surface area contributed by atoms with E-state index in [0.29, 0.717) is 23.0 Å². The molecule has 6 N–H and O–H groups in total. The maximum absolute atomic E-state index is 13.9. The van der Waals surface area contributed by atoms with Crippen molar-refractivity contribution in [2.45, 2.75) is 70.2 Å². The number of carbonyl (C=O) groups excluding carboxylic acids is 3. The summed E-state index contributed by atoms with van der Waals surface area (Å²) in [6.45, 7) is 4.71. The summed E-state index contributed by atoms with van der Waals surface area (Å²) in [7, 11) is 0. The molecule has 0 radical (unpaired) electrons. The van der Waals surface area contributed by atoms with Gasteiger partial charge in [-0.3, -0.25) is 19.4 Å². The third-order valence-electron chi connectivity index (χ3n) is 6.85. The minimum Gasteiger partial charge on any atom is -0.437 e. The molecule has 12 heteroatoms. The van der Waals surface area contributed by atoms with Crippen LogP contribution in [0, 0.1) is 11.7 Å². The second-order valence-electron chi connectivity index (χ2n) is 10.9. The lowest BCUT2D eigenvalue weighted by molar-refractivity contribution is -0.171. The van der Waals surface area contributed by atoms with Crippen LogP contribution in [0.1, 0.15) is 56.1 Å². The fourth-order valence-corrected chi connectivity index (χ4v) is 4.31. The Morgan fingerprint density at radius 2 is 1.83 bits per heavy atom. The van der Waals surface area contributed by atoms with Crippen molar-refractivity contribution in [3.63, 3.8) is 0 Å². The van der Waals surface area contributed by atoms with Gasteiger partial charge in [-0.05, 0) is 76.3 Å². The highest BCUT2D eigenvalue weighted by Crippen LogP contribution is 2.24. The number of nitrogens with two attached hydrogens (primary N) is 2. The van der Waals surface area contributed by atoms with Crippen LogP contribution in [0.5, 0.6) is 0 Å². The van der Waals surface area contributed by atoms with Crippen LogP contribution in [0.2, 0.25) is 0 Å². The SMILES string of the molecule is CC(N)C(=O)OCOC(C)(C)CCC(CC(O)C(Cc1cccc(F)c1)NC(=O)c1cnc2ccccc2n1)C(N)=O. The molecule has 0 saturated carbocycles. The lowest BCUT2D eigenvalue weighted by atomic mass is 9.87. The molecule has 42 heavy (non-hydrogen) atoms. The zero-order valence-corrected chi connectivity index (χ0v) is 24.0. The Labute approximate surface area is 243 Å². The summed E-state index contributed by atoms with van der Waals surface area (Å²) in [5.74, 6) is -3.06. The van der Waals surface area contributed by atoms with E-state index in [2.05, 4.69) is 15.3 Å². The number of para-hydroxylation sites is 2. The summed E-state index contributed by atoms with van der Waals surface area (Å²) in [6, 6.07) is 11.2. The number of nitrogens with zero attached hydrogens (tertiary/aromatic N) is 2. The number of nitrogens with one attached hydrogen (secondary N) is 1. The molecule has 4 unspecified atom stereocenters. The number of aromatic nitrogens is 2. The van der Waals surface area contributed by atoms with E-state index in [-0.39, 0.29) is 31.7 Å². The zero-order chi connectivity index (χ0) is 30.9. The third-order valence-corrected chi connectivity index (χ3v) is 6.85. The van der Waals surface area contributed by atoms with Gasteiger partial charge in [0.1, 0.15) is 17.6 Å². The smallest absolute Gasteiger partial charge is 0.324 e. The standard InChI is InChI=1S/C30H38FN5O6/c1-18(32)29(40)41-17-42-30(2,3)12-11-20(27(33)38)15-26(37)24(14-19-7-6-8-21(31)13-19)36-28(39)25-16-34-22-9-4-5-10-23(22)35-25/h4-10,13,16,18,20,24,26,37H,11-12,14-15,17,32H2,1-3H3,(H2,33,38)(H,36,39). The zero-order valence-electron chi connectivity index (χ0n) is 24.0. The normalized spacial score (nSPS) is 14.5. The van der Waals surface area contributed by atoms with Crippen LogP contribution in [0.3, 0.4) is 0 Å². The molecule has 0 aliphatic heterocycles. The van der Waals surface area contributed by atoms with Gasteiger partial charge >= 0.3 is 5.97 Å². The van der Waals surface area contributed by atoms with Gasteiger partial charge in [0.05, 0.1) is 35.0 Å². The summed E-state index contributed by atoms with van der Waals surface area (Å²) in [4.78, 5) is 45.7. The molecular formula is C30H38FN5O6. The van der Waals surface area contributed by atoms with E-state index in [9.17, 15) is 23.9 Å². The number of benzene rings is 2. The van der Waals surface area contributed by atoms with Gasteiger partial charge < -0.3 is 31.4 Å². The number of aliphatic hydroxyl groups excluding tert-OH is 1. The number of primary amides is 1. The Balaban J connectivity index is 1.71. The molecular weight excluding hydrogens is 545 g/mol. The van der Waals surface area contributed by atoms with E-state index in [4.69, 9.17) is 20.9 Å². The number of rotatable bonds is 15. The highest BCUT2D eigenvalue weighted by molar-refractivity contribution is 5.94. The van der Waals surface area contributed by atoms with Crippen molar-refractivity contribution in [3.05, 3.63) is 71.8 Å². The molecule has 2 amide bonds. The average molecular weight is 584 g/mol. The predicted molar refractivity (Wildman–Crippen MR) is 153 cm³/mol. The predicted octanol–water partition coefficient (Wildman–Crippen LogP) is 2.39. The van der Waals surface area contributed by atoms with Crippen LogP contribution in [0.25, 0.3) is 11.0 Å². The number of ether oxygens (including phenoxy) is 2. The number of halogens is 1. The first-order valence-electron chi connectivity index (χ1n) is 13.7. The monoisotopic (exact) mass is 583 g/mol. The molecule has 0 aliphatic rings. The van der Waals surface area contributed by atoms with Crippen molar-refractivity contribution in [3.8, 4) is 0 Å². The molecule has 0 fully saturated rings. The van der Waals surface area contributed by atoms with Gasteiger partial charge in [0.25, 0.3) is 5.91 Å². The molecule has 3 aromatic rings. The Morgan fingerprint density at radius 1 is 1.12 bits per heavy atom. The number of carbonyl (C=O) groups is 3. The first kappa shape index (κ1) is 32.5. The minimum atomic E-state index is -1.22. The second-order valence-corrected chi connectivity index (χ2v) is 10.9. The van der Waals surface area contributed by atoms with E-state index in [1.54, 1.807) is 38.1 Å². The molecule has 4 atom stereocenters. The van der Waals surface area contributed by atoms with Gasteiger partial charge in [0.2, 0.25) is 5.91 Å². The van der Waals surface area contributed by atoms with Crippen LogP contribution in [0.15, 0.2) is 54.7 Å². The topological polar surface area (TPSA) is 180 Å². The summed E-state index contributed by atoms with van der Waals surface area (Å²) in [5.41, 5.74) is 12.1. The minimum absolute atomic E-state index is 0.0419. The largest absolute Gasteiger partial charge is 0.437 e. The van der Waals surface area contributed by atoms with Crippen LogP contribution < -0.4 is 16.8 Å². The first-order chi connectivity index (χ1) is 19.8. The van der Waals surface area contributed by atoms with Crippen molar-refractivity contribution in [1.82, 2.24) is 15.3 Å². The van der Waals surface area contributed by atoms with Gasteiger partial charge in [-0.1, -0.05) is 24.3 Å². The highest BCUT2D eigenvalue weighted by atomic mass is 19.1. The van der Waals surface area contributed by atoms with Gasteiger partial charge in [-0.25, -0.2) is 9.37 Å². The van der Waals surface area contributed by atoms with E-state index in [0.717, 1.165) is 0 Å². The number of hydrogen-bond acceptors (Lipinski definition) is 9. The molecule has 0 saturated heterocycles. The molecule has 0 aliphatic carbocycles. The van der Waals surface area contributed by atoms with Gasteiger partial charge in [-0.2, -0.15) is 0 Å². The van der Waals surface area contributed by atoms with Crippen molar-refractivity contribution in [1.29, 1.82) is 0 Å². The van der Waals surface area contributed by atoms with Gasteiger partial charge in [-0.15, -0.1) is 0 Å². The fourth-order valence-electron chi connectivity index (χ4n) is 4.31. The van der Waals surface area contributed by atoms with Crippen molar-refractivity contribution >= 4 is 28.8 Å². The van der Waals surface area contributed by atoms with E-state index in [1.165, 1.54) is 31.3 Å². The molecule has 11 nitrogen and oxygen atoms in total. The molecule has 0 bridgehead atoms. The molecule has 0 spiro atoms. The van der Waals surface area contributed by atoms with Gasteiger partial charge in [0, 0.05) is 5.92 Å². The lowest BCUT2D eigenvalue weighted by Gasteiger charge is -2.29. The number of hydrogen-bond donors (Lipinski definition) is 4. The second kappa shape index (κ2) is 14.8. The summed E-state index contributed by atoms with van der Waals surface area (Å²) in [6.07, 6.45) is 0.710. The Kier molecular flexibility index (Phi) is 11.4. The van der Waals surface area contributed by atoms with Crippen LogP contribution in [-0.2, 0) is 25.5 Å². The van der Waals surface area contributed by atoms with E-state index < -0.39 is 53.3 Å². The average Bonchev–Trinajstić information content (AvgIpc) is 2.94. The number of amides is 2. The maximum atomic E-state index is 13.9. The fraction of sp³-hybridized carbons (Fsp3) is 0.433. The number of esters is 1. The first-order valence-corrected chi connectivity index (χ1v) is 13.7. The summed E-state index contributed by atoms with van der Waals surface area (Å²) in [5, 5.41) is 14.0. The highest BCUT2D eigenvalue weighted by Gasteiger charge is 2.30. The van der Waals surface area contributed by atoms with Crippen molar-refractivity contribution in [2.24, 2.45) is 17.4 Å². The maximum Gasteiger partial charge on any atom is 0.324 e. The molecule has 3 rings (SSSR count).